The number of carbonyl (C=O) groups is 2. The van der Waals surface area contributed by atoms with Crippen molar-refractivity contribution in [3.63, 3.8) is 0 Å². The van der Waals surface area contributed by atoms with E-state index in [1.165, 1.54) is 0 Å². The van der Waals surface area contributed by atoms with E-state index in [1.807, 2.05) is 38.1 Å². The van der Waals surface area contributed by atoms with E-state index in [0.717, 1.165) is 11.3 Å². The number of carbonyl (C=O) groups excluding carboxylic acids is 2. The Morgan fingerprint density at radius 2 is 1.90 bits per heavy atom. The van der Waals surface area contributed by atoms with E-state index in [0.29, 0.717) is 12.8 Å². The second-order valence-electron chi connectivity index (χ2n) is 4.81. The van der Waals surface area contributed by atoms with Crippen molar-refractivity contribution in [2.45, 2.75) is 32.7 Å². The number of hydrogen-bond acceptors (Lipinski definition) is 3. The summed E-state index contributed by atoms with van der Waals surface area (Å²) in [7, 11) is 1.61. The van der Waals surface area contributed by atoms with Gasteiger partial charge in [0.25, 0.3) is 0 Å². The molecule has 0 atom stereocenters. The molecule has 110 valence electrons. The first-order valence-corrected chi connectivity index (χ1v) is 6.71. The minimum Gasteiger partial charge on any atom is -0.496 e. The number of methoxy groups -OCH3 is 1. The summed E-state index contributed by atoms with van der Waals surface area (Å²) >= 11 is 0. The molecule has 1 rings (SSSR count). The highest BCUT2D eigenvalue weighted by Crippen LogP contribution is 2.18. The van der Waals surface area contributed by atoms with E-state index in [2.05, 4.69) is 10.6 Å². The fraction of sp³-hybridized carbons (Fsp3) is 0.467. The molecule has 0 spiro atoms. The van der Waals surface area contributed by atoms with Crippen molar-refractivity contribution in [1.29, 1.82) is 0 Å². The van der Waals surface area contributed by atoms with Gasteiger partial charge in [0.1, 0.15) is 5.75 Å². The number of benzene rings is 1. The Bertz CT molecular complexity index is 458. The van der Waals surface area contributed by atoms with Crippen molar-refractivity contribution < 1.29 is 14.3 Å². The standard InChI is InChI=1S/C15H22N2O3/c1-11(2)17-15(19)10-16-14(18)9-8-12-6-4-5-7-13(12)20-3/h4-7,11H,8-10H2,1-3H3,(H,16,18)(H,17,19). The first-order valence-electron chi connectivity index (χ1n) is 6.71. The van der Waals surface area contributed by atoms with Crippen LogP contribution in [0.15, 0.2) is 24.3 Å². The minimum atomic E-state index is -0.175. The average molecular weight is 278 g/mol. The number of para-hydroxylation sites is 1. The molecular weight excluding hydrogens is 256 g/mol. The van der Waals surface area contributed by atoms with E-state index in [1.54, 1.807) is 7.11 Å². The number of nitrogens with one attached hydrogen (secondary N) is 2. The fourth-order valence-electron chi connectivity index (χ4n) is 1.80. The maximum atomic E-state index is 11.7. The van der Waals surface area contributed by atoms with E-state index in [-0.39, 0.29) is 24.4 Å². The lowest BCUT2D eigenvalue weighted by Crippen LogP contribution is -2.39. The van der Waals surface area contributed by atoms with E-state index < -0.39 is 0 Å². The Labute approximate surface area is 119 Å². The summed E-state index contributed by atoms with van der Waals surface area (Å²) in [6, 6.07) is 7.67. The van der Waals surface area contributed by atoms with Gasteiger partial charge in [-0.1, -0.05) is 18.2 Å². The molecule has 0 radical (unpaired) electrons. The monoisotopic (exact) mass is 278 g/mol. The predicted molar refractivity (Wildman–Crippen MR) is 77.6 cm³/mol. The molecule has 0 aromatic heterocycles. The number of aryl methyl sites for hydroxylation is 1. The topological polar surface area (TPSA) is 67.4 Å². The zero-order valence-electron chi connectivity index (χ0n) is 12.2. The Hall–Kier alpha value is -2.04. The van der Waals surface area contributed by atoms with E-state index in [4.69, 9.17) is 4.74 Å². The molecule has 20 heavy (non-hydrogen) atoms. The van der Waals surface area contributed by atoms with Crippen LogP contribution in [0.4, 0.5) is 0 Å². The van der Waals surface area contributed by atoms with Crippen LogP contribution in [0.3, 0.4) is 0 Å². The zero-order chi connectivity index (χ0) is 15.0. The van der Waals surface area contributed by atoms with Gasteiger partial charge in [0.15, 0.2) is 0 Å². The molecular formula is C15H22N2O3. The van der Waals surface area contributed by atoms with Gasteiger partial charge in [-0.05, 0) is 31.9 Å². The van der Waals surface area contributed by atoms with Crippen LogP contribution in [0, 0.1) is 0 Å². The molecule has 1 aromatic carbocycles. The van der Waals surface area contributed by atoms with Crippen LogP contribution in [0.1, 0.15) is 25.8 Å². The van der Waals surface area contributed by atoms with Gasteiger partial charge in [0.2, 0.25) is 11.8 Å². The molecule has 0 aliphatic heterocycles. The Morgan fingerprint density at radius 1 is 1.20 bits per heavy atom. The van der Waals surface area contributed by atoms with Crippen LogP contribution in [0.5, 0.6) is 5.75 Å². The lowest BCUT2D eigenvalue weighted by molar-refractivity contribution is -0.126. The summed E-state index contributed by atoms with van der Waals surface area (Å²) in [5.41, 5.74) is 0.983. The second-order valence-corrected chi connectivity index (χ2v) is 4.81. The van der Waals surface area contributed by atoms with E-state index in [9.17, 15) is 9.59 Å². The Kier molecular flexibility index (Phi) is 6.56. The smallest absolute Gasteiger partial charge is 0.239 e. The van der Waals surface area contributed by atoms with Crippen molar-refractivity contribution in [2.24, 2.45) is 0 Å². The summed E-state index contributed by atoms with van der Waals surface area (Å²) in [6.07, 6.45) is 0.914. The first kappa shape index (κ1) is 16.0. The van der Waals surface area contributed by atoms with Crippen molar-refractivity contribution >= 4 is 11.8 Å². The number of amides is 2. The van der Waals surface area contributed by atoms with Gasteiger partial charge in [-0.2, -0.15) is 0 Å². The Morgan fingerprint density at radius 3 is 2.55 bits per heavy atom. The fourth-order valence-corrected chi connectivity index (χ4v) is 1.80. The molecule has 0 aliphatic carbocycles. The molecule has 0 aliphatic rings. The highest BCUT2D eigenvalue weighted by atomic mass is 16.5. The Balaban J connectivity index is 2.35. The number of rotatable bonds is 7. The van der Waals surface area contributed by atoms with Crippen LogP contribution in [0.2, 0.25) is 0 Å². The predicted octanol–water partition coefficient (Wildman–Crippen LogP) is 1.27. The largest absolute Gasteiger partial charge is 0.496 e. The lowest BCUT2D eigenvalue weighted by Gasteiger charge is -2.10. The summed E-state index contributed by atoms with van der Waals surface area (Å²) in [5.74, 6) is 0.457. The van der Waals surface area contributed by atoms with Crippen LogP contribution >= 0.6 is 0 Å². The van der Waals surface area contributed by atoms with Gasteiger partial charge in [0, 0.05) is 12.5 Å². The van der Waals surface area contributed by atoms with Crippen molar-refractivity contribution in [3.8, 4) is 5.75 Å². The molecule has 0 saturated carbocycles. The zero-order valence-corrected chi connectivity index (χ0v) is 12.2. The SMILES string of the molecule is COc1ccccc1CCC(=O)NCC(=O)NC(C)C. The number of ether oxygens (including phenoxy) is 1. The second kappa shape index (κ2) is 8.19. The first-order chi connectivity index (χ1) is 9.52. The summed E-state index contributed by atoms with van der Waals surface area (Å²) in [6.45, 7) is 3.77. The van der Waals surface area contributed by atoms with Crippen LogP contribution in [-0.4, -0.2) is 31.5 Å². The van der Waals surface area contributed by atoms with Gasteiger partial charge in [-0.3, -0.25) is 9.59 Å². The van der Waals surface area contributed by atoms with Gasteiger partial charge in [-0.15, -0.1) is 0 Å². The molecule has 2 N–H and O–H groups in total. The van der Waals surface area contributed by atoms with Crippen LogP contribution in [0.25, 0.3) is 0 Å². The van der Waals surface area contributed by atoms with Crippen molar-refractivity contribution in [3.05, 3.63) is 29.8 Å². The third kappa shape index (κ3) is 5.73. The highest BCUT2D eigenvalue weighted by molar-refractivity contribution is 5.84. The summed E-state index contributed by atoms with van der Waals surface area (Å²) in [4.78, 5) is 23.1. The molecule has 0 saturated heterocycles. The maximum absolute atomic E-state index is 11.7. The molecule has 1 aromatic rings. The van der Waals surface area contributed by atoms with Crippen molar-refractivity contribution in [1.82, 2.24) is 10.6 Å². The molecule has 0 unspecified atom stereocenters. The van der Waals surface area contributed by atoms with Gasteiger partial charge in [-0.25, -0.2) is 0 Å². The summed E-state index contributed by atoms with van der Waals surface area (Å²) < 4.78 is 5.22. The van der Waals surface area contributed by atoms with Gasteiger partial charge < -0.3 is 15.4 Å². The molecule has 5 heteroatoms. The molecule has 0 bridgehead atoms. The van der Waals surface area contributed by atoms with Crippen LogP contribution in [-0.2, 0) is 16.0 Å². The molecule has 2 amide bonds. The average Bonchev–Trinajstić information content (AvgIpc) is 2.42. The quantitative estimate of drug-likeness (QED) is 0.789. The molecule has 5 nitrogen and oxygen atoms in total. The number of hydrogen-bond donors (Lipinski definition) is 2. The van der Waals surface area contributed by atoms with Crippen molar-refractivity contribution in [2.75, 3.05) is 13.7 Å². The molecule has 0 fully saturated rings. The lowest BCUT2D eigenvalue weighted by atomic mass is 10.1. The normalized spacial score (nSPS) is 10.2. The summed E-state index contributed by atoms with van der Waals surface area (Å²) in [5, 5.41) is 5.32. The minimum absolute atomic E-state index is 0.0168. The highest BCUT2D eigenvalue weighted by Gasteiger charge is 2.08. The maximum Gasteiger partial charge on any atom is 0.239 e. The third-order valence-electron chi connectivity index (χ3n) is 2.71. The van der Waals surface area contributed by atoms with Gasteiger partial charge >= 0.3 is 0 Å². The van der Waals surface area contributed by atoms with Crippen LogP contribution < -0.4 is 15.4 Å². The third-order valence-corrected chi connectivity index (χ3v) is 2.71. The van der Waals surface area contributed by atoms with Gasteiger partial charge in [0.05, 0.1) is 13.7 Å². The van der Waals surface area contributed by atoms with E-state index >= 15 is 0 Å². The molecule has 0 heterocycles.